The number of carbonyl (C=O) groups excluding carboxylic acids is 3. The third-order valence-corrected chi connectivity index (χ3v) is 4.44. The molecule has 0 saturated carbocycles. The van der Waals surface area contributed by atoms with E-state index in [1.165, 1.54) is 6.92 Å². The predicted octanol–water partition coefficient (Wildman–Crippen LogP) is 4.14. The monoisotopic (exact) mass is 401 g/mol. The number of hydrogen-bond donors (Lipinski definition) is 3. The third kappa shape index (κ3) is 5.54. The molecule has 6 heteroatoms. The van der Waals surface area contributed by atoms with Crippen LogP contribution >= 0.6 is 0 Å². The minimum atomic E-state index is -0.374. The summed E-state index contributed by atoms with van der Waals surface area (Å²) in [5.41, 5.74) is 3.83. The van der Waals surface area contributed by atoms with Crippen LogP contribution in [0.25, 0.3) is 0 Å². The summed E-state index contributed by atoms with van der Waals surface area (Å²) in [5.74, 6) is -0.873. The van der Waals surface area contributed by atoms with Crippen molar-refractivity contribution in [3.63, 3.8) is 0 Å². The maximum atomic E-state index is 12.7. The smallest absolute Gasteiger partial charge is 0.255 e. The van der Waals surface area contributed by atoms with Gasteiger partial charge in [0.25, 0.3) is 11.8 Å². The molecule has 0 spiro atoms. The summed E-state index contributed by atoms with van der Waals surface area (Å²) in [6.07, 6.45) is 0. The minimum absolute atomic E-state index is 0.219. The number of benzene rings is 3. The summed E-state index contributed by atoms with van der Waals surface area (Å²) in [6.45, 7) is 3.80. The van der Waals surface area contributed by atoms with Crippen LogP contribution in [-0.2, 0) is 11.3 Å². The maximum absolute atomic E-state index is 12.7. The number of carbonyl (C=O) groups is 3. The number of hydrogen-bond acceptors (Lipinski definition) is 3. The molecule has 0 aliphatic carbocycles. The lowest BCUT2D eigenvalue weighted by molar-refractivity contribution is -0.114. The average Bonchev–Trinajstić information content (AvgIpc) is 2.73. The molecule has 3 rings (SSSR count). The molecule has 6 nitrogen and oxygen atoms in total. The van der Waals surface area contributed by atoms with Crippen molar-refractivity contribution in [2.45, 2.75) is 20.4 Å². The fourth-order valence-corrected chi connectivity index (χ4v) is 2.91. The molecule has 0 saturated heterocycles. The van der Waals surface area contributed by atoms with Gasteiger partial charge in [0.2, 0.25) is 5.91 Å². The molecule has 0 atom stereocenters. The maximum Gasteiger partial charge on any atom is 0.255 e. The SMILES string of the molecule is CC(=O)Nc1cccc(C(=O)Nc2ccccc2C(=O)NCc2ccc(C)cc2)c1. The van der Waals surface area contributed by atoms with Crippen LogP contribution in [0.2, 0.25) is 0 Å². The summed E-state index contributed by atoms with van der Waals surface area (Å²) in [6, 6.07) is 21.3. The quantitative estimate of drug-likeness (QED) is 0.580. The average molecular weight is 401 g/mol. The van der Waals surface area contributed by atoms with Crippen molar-refractivity contribution in [1.82, 2.24) is 5.32 Å². The van der Waals surface area contributed by atoms with Crippen LogP contribution in [0.4, 0.5) is 11.4 Å². The highest BCUT2D eigenvalue weighted by Gasteiger charge is 2.14. The molecule has 30 heavy (non-hydrogen) atoms. The molecule has 152 valence electrons. The zero-order valence-corrected chi connectivity index (χ0v) is 16.9. The lowest BCUT2D eigenvalue weighted by Crippen LogP contribution is -2.25. The van der Waals surface area contributed by atoms with Gasteiger partial charge in [-0.05, 0) is 42.8 Å². The van der Waals surface area contributed by atoms with Gasteiger partial charge >= 0.3 is 0 Å². The van der Waals surface area contributed by atoms with Gasteiger partial charge in [-0.25, -0.2) is 0 Å². The molecule has 0 radical (unpaired) electrons. The first-order chi connectivity index (χ1) is 14.4. The number of aryl methyl sites for hydroxylation is 1. The first-order valence-electron chi connectivity index (χ1n) is 9.54. The van der Waals surface area contributed by atoms with Gasteiger partial charge in [-0.15, -0.1) is 0 Å². The Morgan fingerprint density at radius 2 is 1.53 bits per heavy atom. The highest BCUT2D eigenvalue weighted by atomic mass is 16.2. The van der Waals surface area contributed by atoms with E-state index < -0.39 is 0 Å². The van der Waals surface area contributed by atoms with E-state index in [1.807, 2.05) is 31.2 Å². The van der Waals surface area contributed by atoms with E-state index in [0.29, 0.717) is 29.0 Å². The lowest BCUT2D eigenvalue weighted by Gasteiger charge is -2.12. The molecule has 3 aromatic carbocycles. The van der Waals surface area contributed by atoms with E-state index >= 15 is 0 Å². The number of amides is 3. The van der Waals surface area contributed by atoms with Crippen LogP contribution < -0.4 is 16.0 Å². The number of anilines is 2. The highest BCUT2D eigenvalue weighted by Crippen LogP contribution is 2.18. The molecular formula is C24H23N3O3. The van der Waals surface area contributed by atoms with Gasteiger partial charge in [0.15, 0.2) is 0 Å². The molecule has 0 aliphatic rings. The van der Waals surface area contributed by atoms with Crippen molar-refractivity contribution in [3.8, 4) is 0 Å². The Balaban J connectivity index is 1.71. The van der Waals surface area contributed by atoms with Crippen LogP contribution in [0.3, 0.4) is 0 Å². The second-order valence-electron chi connectivity index (χ2n) is 6.93. The first-order valence-corrected chi connectivity index (χ1v) is 9.54. The van der Waals surface area contributed by atoms with E-state index in [1.54, 1.807) is 48.5 Å². The zero-order chi connectivity index (χ0) is 21.5. The minimum Gasteiger partial charge on any atom is -0.348 e. The molecule has 3 N–H and O–H groups in total. The van der Waals surface area contributed by atoms with E-state index in [-0.39, 0.29) is 17.7 Å². The van der Waals surface area contributed by atoms with E-state index in [4.69, 9.17) is 0 Å². The Labute approximate surface area is 175 Å². The molecule has 3 aromatic rings. The predicted molar refractivity (Wildman–Crippen MR) is 117 cm³/mol. The second kappa shape index (κ2) is 9.52. The summed E-state index contributed by atoms with van der Waals surface area (Å²) in [7, 11) is 0. The standard InChI is InChI=1S/C24H23N3O3/c1-16-10-12-18(13-11-16)15-25-24(30)21-8-3-4-9-22(21)27-23(29)19-6-5-7-20(14-19)26-17(2)28/h3-14H,15H2,1-2H3,(H,25,30)(H,26,28)(H,27,29). The fraction of sp³-hybridized carbons (Fsp3) is 0.125. The Morgan fingerprint density at radius 3 is 2.27 bits per heavy atom. The van der Waals surface area contributed by atoms with Gasteiger partial charge in [-0.3, -0.25) is 14.4 Å². The van der Waals surface area contributed by atoms with Gasteiger partial charge in [0.05, 0.1) is 11.3 Å². The third-order valence-electron chi connectivity index (χ3n) is 4.44. The van der Waals surface area contributed by atoms with Crippen molar-refractivity contribution in [2.75, 3.05) is 10.6 Å². The lowest BCUT2D eigenvalue weighted by atomic mass is 10.1. The number of rotatable bonds is 6. The summed E-state index contributed by atoms with van der Waals surface area (Å²) in [5, 5.41) is 8.31. The van der Waals surface area contributed by atoms with Crippen LogP contribution in [-0.4, -0.2) is 17.7 Å². The Morgan fingerprint density at radius 1 is 0.800 bits per heavy atom. The summed E-state index contributed by atoms with van der Waals surface area (Å²) >= 11 is 0. The fourth-order valence-electron chi connectivity index (χ4n) is 2.91. The van der Waals surface area contributed by atoms with Gasteiger partial charge in [-0.2, -0.15) is 0 Å². The van der Waals surface area contributed by atoms with Crippen LogP contribution in [0.15, 0.2) is 72.8 Å². The largest absolute Gasteiger partial charge is 0.348 e. The molecule has 0 aromatic heterocycles. The molecule has 0 aliphatic heterocycles. The Kier molecular flexibility index (Phi) is 6.60. The first kappa shape index (κ1) is 20.8. The van der Waals surface area contributed by atoms with Crippen LogP contribution in [0.1, 0.15) is 38.8 Å². The molecular weight excluding hydrogens is 378 g/mol. The molecule has 0 unspecified atom stereocenters. The number of para-hydroxylation sites is 1. The molecule has 0 heterocycles. The van der Waals surface area contributed by atoms with Crippen LogP contribution in [0, 0.1) is 6.92 Å². The van der Waals surface area contributed by atoms with Crippen molar-refractivity contribution in [3.05, 3.63) is 95.1 Å². The Bertz CT molecular complexity index is 1080. The highest BCUT2D eigenvalue weighted by molar-refractivity contribution is 6.09. The van der Waals surface area contributed by atoms with Crippen molar-refractivity contribution >= 4 is 29.1 Å². The number of nitrogens with one attached hydrogen (secondary N) is 3. The van der Waals surface area contributed by atoms with E-state index in [2.05, 4.69) is 16.0 Å². The van der Waals surface area contributed by atoms with E-state index in [0.717, 1.165) is 11.1 Å². The molecule has 3 amide bonds. The van der Waals surface area contributed by atoms with E-state index in [9.17, 15) is 14.4 Å². The Hall–Kier alpha value is -3.93. The van der Waals surface area contributed by atoms with Gasteiger partial charge in [-0.1, -0.05) is 48.0 Å². The van der Waals surface area contributed by atoms with Gasteiger partial charge < -0.3 is 16.0 Å². The van der Waals surface area contributed by atoms with Crippen molar-refractivity contribution in [1.29, 1.82) is 0 Å². The normalized spacial score (nSPS) is 10.2. The summed E-state index contributed by atoms with van der Waals surface area (Å²) < 4.78 is 0. The second-order valence-corrected chi connectivity index (χ2v) is 6.93. The van der Waals surface area contributed by atoms with Gasteiger partial charge in [0.1, 0.15) is 0 Å². The molecule has 0 bridgehead atoms. The topological polar surface area (TPSA) is 87.3 Å². The molecule has 0 fully saturated rings. The van der Waals surface area contributed by atoms with Crippen molar-refractivity contribution in [2.24, 2.45) is 0 Å². The van der Waals surface area contributed by atoms with Gasteiger partial charge in [0, 0.05) is 24.7 Å². The zero-order valence-electron chi connectivity index (χ0n) is 16.9. The van der Waals surface area contributed by atoms with Crippen molar-refractivity contribution < 1.29 is 14.4 Å². The van der Waals surface area contributed by atoms with Crippen LogP contribution in [0.5, 0.6) is 0 Å². The summed E-state index contributed by atoms with van der Waals surface area (Å²) in [4.78, 5) is 36.6.